The summed E-state index contributed by atoms with van der Waals surface area (Å²) in [4.78, 5) is 7.25. The van der Waals surface area contributed by atoms with Gasteiger partial charge in [-0.2, -0.15) is 0 Å². The lowest BCUT2D eigenvalue weighted by Crippen LogP contribution is -2.40. The van der Waals surface area contributed by atoms with Crippen molar-refractivity contribution < 1.29 is 4.74 Å². The van der Waals surface area contributed by atoms with E-state index in [1.165, 1.54) is 17.5 Å². The fourth-order valence-electron chi connectivity index (χ4n) is 3.05. The van der Waals surface area contributed by atoms with Crippen LogP contribution in [0.15, 0.2) is 29.3 Å². The molecular formula is C19H32IN3O. The highest BCUT2D eigenvalue weighted by Crippen LogP contribution is 2.18. The maximum Gasteiger partial charge on any atom is 0.193 e. The van der Waals surface area contributed by atoms with Gasteiger partial charge < -0.3 is 15.0 Å². The van der Waals surface area contributed by atoms with Crippen LogP contribution in [0.2, 0.25) is 0 Å². The summed E-state index contributed by atoms with van der Waals surface area (Å²) in [7, 11) is 1.78. The molecular weight excluding hydrogens is 413 g/mol. The second kappa shape index (κ2) is 10.9. The van der Waals surface area contributed by atoms with Gasteiger partial charge >= 0.3 is 0 Å². The third kappa shape index (κ3) is 6.24. The van der Waals surface area contributed by atoms with E-state index in [4.69, 9.17) is 9.73 Å². The molecule has 5 heteroatoms. The van der Waals surface area contributed by atoms with Crippen LogP contribution < -0.4 is 5.32 Å². The minimum atomic E-state index is 0. The number of hydrogen-bond acceptors (Lipinski definition) is 2. The van der Waals surface area contributed by atoms with Crippen LogP contribution in [-0.2, 0) is 4.74 Å². The van der Waals surface area contributed by atoms with E-state index in [9.17, 15) is 0 Å². The van der Waals surface area contributed by atoms with Gasteiger partial charge in [0.15, 0.2) is 5.96 Å². The van der Waals surface area contributed by atoms with Gasteiger partial charge in [-0.05, 0) is 25.8 Å². The summed E-state index contributed by atoms with van der Waals surface area (Å²) in [6.07, 6.45) is 1.19. The van der Waals surface area contributed by atoms with Crippen LogP contribution >= 0.6 is 24.0 Å². The minimum Gasteiger partial charge on any atom is -0.384 e. The third-order valence-corrected chi connectivity index (χ3v) is 4.48. The summed E-state index contributed by atoms with van der Waals surface area (Å²) in [5.74, 6) is 2.10. The van der Waals surface area contributed by atoms with Gasteiger partial charge in [0.25, 0.3) is 0 Å². The van der Waals surface area contributed by atoms with Crippen molar-refractivity contribution in [2.45, 2.75) is 33.1 Å². The molecule has 1 aliphatic heterocycles. The summed E-state index contributed by atoms with van der Waals surface area (Å²) in [6, 6.07) is 8.78. The van der Waals surface area contributed by atoms with Crippen LogP contribution in [0.3, 0.4) is 0 Å². The number of hydrogen-bond donors (Lipinski definition) is 1. The number of methoxy groups -OCH3 is 1. The quantitative estimate of drug-likeness (QED) is 0.413. The van der Waals surface area contributed by atoms with E-state index in [0.717, 1.165) is 38.7 Å². The second-order valence-corrected chi connectivity index (χ2v) is 6.56. The number of rotatable bonds is 6. The summed E-state index contributed by atoms with van der Waals surface area (Å²) < 4.78 is 5.29. The van der Waals surface area contributed by atoms with Crippen LogP contribution in [0.5, 0.6) is 0 Å². The molecule has 2 unspecified atom stereocenters. The normalized spacial score (nSPS) is 19.1. The topological polar surface area (TPSA) is 36.9 Å². The first-order valence-electron chi connectivity index (χ1n) is 8.72. The molecule has 1 aliphatic rings. The number of likely N-dealkylation sites (tertiary alicyclic amines) is 1. The molecule has 1 aromatic rings. The van der Waals surface area contributed by atoms with Crippen LogP contribution in [0.1, 0.15) is 37.3 Å². The predicted molar refractivity (Wildman–Crippen MR) is 113 cm³/mol. The molecule has 0 saturated carbocycles. The van der Waals surface area contributed by atoms with E-state index in [-0.39, 0.29) is 24.0 Å². The molecule has 0 aliphatic carbocycles. The van der Waals surface area contributed by atoms with E-state index in [0.29, 0.717) is 11.8 Å². The highest BCUT2D eigenvalue weighted by molar-refractivity contribution is 14.0. The third-order valence-electron chi connectivity index (χ3n) is 4.48. The number of nitrogens with zero attached hydrogens (tertiary/aromatic N) is 2. The van der Waals surface area contributed by atoms with Crippen molar-refractivity contribution in [1.29, 1.82) is 0 Å². The molecule has 1 saturated heterocycles. The number of guanidine groups is 1. The van der Waals surface area contributed by atoms with Gasteiger partial charge in [0.2, 0.25) is 0 Å². The van der Waals surface area contributed by atoms with Crippen LogP contribution in [0, 0.1) is 12.8 Å². The first-order chi connectivity index (χ1) is 11.1. The van der Waals surface area contributed by atoms with Crippen LogP contribution in [0.4, 0.5) is 0 Å². The molecule has 0 spiro atoms. The van der Waals surface area contributed by atoms with Gasteiger partial charge in [0, 0.05) is 45.1 Å². The number of aliphatic imine (C=N–C) groups is 1. The van der Waals surface area contributed by atoms with E-state index in [1.807, 2.05) is 0 Å². The zero-order chi connectivity index (χ0) is 16.7. The molecule has 4 nitrogen and oxygen atoms in total. The number of nitrogens with one attached hydrogen (secondary N) is 1. The van der Waals surface area contributed by atoms with Gasteiger partial charge in [0.05, 0.1) is 6.61 Å². The molecule has 2 rings (SSSR count). The van der Waals surface area contributed by atoms with Crippen molar-refractivity contribution in [2.24, 2.45) is 10.9 Å². The average Bonchev–Trinajstić information content (AvgIpc) is 3.00. The predicted octanol–water partition coefficient (Wildman–Crippen LogP) is 3.65. The van der Waals surface area contributed by atoms with Gasteiger partial charge in [-0.1, -0.05) is 36.8 Å². The fraction of sp³-hybridized carbons (Fsp3) is 0.632. The Bertz CT molecular complexity index is 504. The molecule has 0 aromatic heterocycles. The molecule has 1 aromatic carbocycles. The van der Waals surface area contributed by atoms with Crippen LogP contribution in [-0.4, -0.2) is 50.8 Å². The van der Waals surface area contributed by atoms with Gasteiger partial charge in [-0.15, -0.1) is 24.0 Å². The van der Waals surface area contributed by atoms with Crippen molar-refractivity contribution in [3.05, 3.63) is 35.4 Å². The largest absolute Gasteiger partial charge is 0.384 e. The Labute approximate surface area is 164 Å². The summed E-state index contributed by atoms with van der Waals surface area (Å²) in [6.45, 7) is 11.2. The molecule has 1 heterocycles. The van der Waals surface area contributed by atoms with E-state index in [1.54, 1.807) is 7.11 Å². The van der Waals surface area contributed by atoms with Crippen molar-refractivity contribution in [1.82, 2.24) is 10.2 Å². The molecule has 0 bridgehead atoms. The Morgan fingerprint density at radius 2 is 2.08 bits per heavy atom. The molecule has 0 radical (unpaired) electrons. The molecule has 136 valence electrons. The van der Waals surface area contributed by atoms with Crippen molar-refractivity contribution in [2.75, 3.05) is 39.9 Å². The molecule has 1 fully saturated rings. The number of ether oxygens (including phenoxy) is 1. The standard InChI is InChI=1S/C19H31N3O.HI/c1-5-20-19(22-11-10-17(13-22)14-23-4)21-12-16(3)18-8-6-15(2)7-9-18;/h6-9,16-17H,5,10-14H2,1-4H3,(H,20,21);1H. The lowest BCUT2D eigenvalue weighted by molar-refractivity contribution is 0.157. The Hall–Kier alpha value is -0.820. The minimum absolute atomic E-state index is 0. The SMILES string of the molecule is CCNC(=NCC(C)c1ccc(C)cc1)N1CCC(COC)C1.I. The van der Waals surface area contributed by atoms with E-state index < -0.39 is 0 Å². The molecule has 0 amide bonds. The van der Waals surface area contributed by atoms with Gasteiger partial charge in [0.1, 0.15) is 0 Å². The lowest BCUT2D eigenvalue weighted by atomic mass is 10.0. The summed E-state index contributed by atoms with van der Waals surface area (Å²) >= 11 is 0. The first-order valence-corrected chi connectivity index (χ1v) is 8.72. The Morgan fingerprint density at radius 3 is 2.71 bits per heavy atom. The van der Waals surface area contributed by atoms with E-state index in [2.05, 4.69) is 55.3 Å². The smallest absolute Gasteiger partial charge is 0.193 e. The monoisotopic (exact) mass is 445 g/mol. The first kappa shape index (κ1) is 21.2. The number of benzene rings is 1. The summed E-state index contributed by atoms with van der Waals surface area (Å²) in [5.41, 5.74) is 2.66. The Kier molecular flexibility index (Phi) is 9.66. The number of aryl methyl sites for hydroxylation is 1. The summed E-state index contributed by atoms with van der Waals surface area (Å²) in [5, 5.41) is 3.44. The highest BCUT2D eigenvalue weighted by Gasteiger charge is 2.24. The van der Waals surface area contributed by atoms with Gasteiger partial charge in [-0.25, -0.2) is 0 Å². The molecule has 24 heavy (non-hydrogen) atoms. The van der Waals surface area contributed by atoms with Crippen molar-refractivity contribution >= 4 is 29.9 Å². The maximum absolute atomic E-state index is 5.29. The van der Waals surface area contributed by atoms with Gasteiger partial charge in [-0.3, -0.25) is 4.99 Å². The second-order valence-electron chi connectivity index (χ2n) is 6.56. The maximum atomic E-state index is 5.29. The number of halogens is 1. The average molecular weight is 445 g/mol. The molecule has 2 atom stereocenters. The Morgan fingerprint density at radius 1 is 1.38 bits per heavy atom. The van der Waals surface area contributed by atoms with Crippen molar-refractivity contribution in [3.8, 4) is 0 Å². The highest BCUT2D eigenvalue weighted by atomic mass is 127. The fourth-order valence-corrected chi connectivity index (χ4v) is 3.05. The Balaban J connectivity index is 0.00000288. The zero-order valence-corrected chi connectivity index (χ0v) is 17.7. The van der Waals surface area contributed by atoms with E-state index >= 15 is 0 Å². The van der Waals surface area contributed by atoms with Crippen LogP contribution in [0.25, 0.3) is 0 Å². The zero-order valence-electron chi connectivity index (χ0n) is 15.4. The lowest BCUT2D eigenvalue weighted by Gasteiger charge is -2.22. The van der Waals surface area contributed by atoms with Crippen molar-refractivity contribution in [3.63, 3.8) is 0 Å². The molecule has 1 N–H and O–H groups in total.